The van der Waals surface area contributed by atoms with Crippen LogP contribution in [0.4, 0.5) is 13.2 Å². The SMILES string of the molecule is CCCCn1nnc(Cl)c1C(F)(F)F. The number of hydrogen-bond acceptors (Lipinski definition) is 2. The van der Waals surface area contributed by atoms with E-state index in [0.29, 0.717) is 6.42 Å². The summed E-state index contributed by atoms with van der Waals surface area (Å²) in [4.78, 5) is 0. The van der Waals surface area contributed by atoms with Crippen LogP contribution >= 0.6 is 11.6 Å². The zero-order valence-electron chi connectivity index (χ0n) is 7.47. The average molecular weight is 228 g/mol. The largest absolute Gasteiger partial charge is 0.436 e. The monoisotopic (exact) mass is 227 g/mol. The number of nitrogens with zero attached hydrogens (tertiary/aromatic N) is 3. The number of unbranched alkanes of at least 4 members (excludes halogenated alkanes) is 1. The van der Waals surface area contributed by atoms with Crippen molar-refractivity contribution in [2.75, 3.05) is 0 Å². The summed E-state index contributed by atoms with van der Waals surface area (Å²) in [5.41, 5.74) is -0.965. The van der Waals surface area contributed by atoms with Crippen molar-refractivity contribution in [1.29, 1.82) is 0 Å². The average Bonchev–Trinajstić information content (AvgIpc) is 2.42. The van der Waals surface area contributed by atoms with E-state index in [0.717, 1.165) is 11.1 Å². The molecule has 1 aromatic heterocycles. The summed E-state index contributed by atoms with van der Waals surface area (Å²) in [7, 11) is 0. The van der Waals surface area contributed by atoms with Crippen LogP contribution in [-0.2, 0) is 12.7 Å². The van der Waals surface area contributed by atoms with Crippen LogP contribution in [0, 0.1) is 0 Å². The van der Waals surface area contributed by atoms with Gasteiger partial charge >= 0.3 is 6.18 Å². The molecule has 0 aromatic carbocycles. The molecule has 0 aliphatic heterocycles. The highest BCUT2D eigenvalue weighted by Crippen LogP contribution is 2.33. The van der Waals surface area contributed by atoms with Crippen molar-refractivity contribution in [2.45, 2.75) is 32.5 Å². The second kappa shape index (κ2) is 4.16. The van der Waals surface area contributed by atoms with Crippen molar-refractivity contribution >= 4 is 11.6 Å². The van der Waals surface area contributed by atoms with E-state index in [1.165, 1.54) is 0 Å². The number of aromatic nitrogens is 3. The zero-order valence-corrected chi connectivity index (χ0v) is 8.23. The van der Waals surface area contributed by atoms with Gasteiger partial charge in [0, 0.05) is 6.54 Å². The summed E-state index contributed by atoms with van der Waals surface area (Å²) in [6.45, 7) is 2.07. The highest BCUT2D eigenvalue weighted by molar-refractivity contribution is 6.30. The van der Waals surface area contributed by atoms with Gasteiger partial charge in [-0.05, 0) is 6.42 Å². The molecule has 0 fully saturated rings. The number of alkyl halides is 3. The van der Waals surface area contributed by atoms with E-state index in [1.807, 2.05) is 6.92 Å². The fraction of sp³-hybridized carbons (Fsp3) is 0.714. The molecule has 0 saturated heterocycles. The minimum absolute atomic E-state index is 0.186. The fourth-order valence-electron chi connectivity index (χ4n) is 1.02. The van der Waals surface area contributed by atoms with Crippen LogP contribution in [-0.4, -0.2) is 15.0 Å². The summed E-state index contributed by atoms with van der Waals surface area (Å²) in [6, 6.07) is 0. The van der Waals surface area contributed by atoms with Crippen LogP contribution in [0.3, 0.4) is 0 Å². The van der Waals surface area contributed by atoms with Gasteiger partial charge in [-0.3, -0.25) is 0 Å². The molecule has 0 aliphatic rings. The van der Waals surface area contributed by atoms with Gasteiger partial charge in [-0.15, -0.1) is 5.10 Å². The van der Waals surface area contributed by atoms with E-state index in [-0.39, 0.29) is 6.54 Å². The van der Waals surface area contributed by atoms with Crippen LogP contribution in [0.1, 0.15) is 25.5 Å². The van der Waals surface area contributed by atoms with Gasteiger partial charge in [0.1, 0.15) is 0 Å². The first kappa shape index (κ1) is 11.3. The maximum absolute atomic E-state index is 12.4. The van der Waals surface area contributed by atoms with Gasteiger partial charge in [-0.2, -0.15) is 13.2 Å². The molecule has 0 bridgehead atoms. The molecule has 0 spiro atoms. The highest BCUT2D eigenvalue weighted by atomic mass is 35.5. The summed E-state index contributed by atoms with van der Waals surface area (Å²) in [5, 5.41) is 5.94. The van der Waals surface area contributed by atoms with E-state index < -0.39 is 17.0 Å². The predicted molar refractivity (Wildman–Crippen MR) is 44.9 cm³/mol. The number of hydrogen-bond donors (Lipinski definition) is 0. The molecule has 0 aliphatic carbocycles. The molecule has 1 rings (SSSR count). The Balaban J connectivity index is 2.95. The lowest BCUT2D eigenvalue weighted by molar-refractivity contribution is -0.144. The molecule has 0 amide bonds. The van der Waals surface area contributed by atoms with Gasteiger partial charge in [-0.25, -0.2) is 4.68 Å². The van der Waals surface area contributed by atoms with Crippen molar-refractivity contribution in [3.63, 3.8) is 0 Å². The minimum atomic E-state index is -4.49. The lowest BCUT2D eigenvalue weighted by atomic mass is 10.3. The molecule has 0 unspecified atom stereocenters. The van der Waals surface area contributed by atoms with Gasteiger partial charge in [-0.1, -0.05) is 30.2 Å². The van der Waals surface area contributed by atoms with E-state index in [4.69, 9.17) is 11.6 Å². The molecule has 80 valence electrons. The Hall–Kier alpha value is -0.780. The topological polar surface area (TPSA) is 30.7 Å². The maximum atomic E-state index is 12.4. The van der Waals surface area contributed by atoms with E-state index in [9.17, 15) is 13.2 Å². The normalized spacial score (nSPS) is 12.1. The molecule has 0 atom stereocenters. The van der Waals surface area contributed by atoms with Gasteiger partial charge in [0.05, 0.1) is 0 Å². The Kier molecular flexibility index (Phi) is 3.36. The van der Waals surface area contributed by atoms with Gasteiger partial charge < -0.3 is 0 Å². The third-order valence-electron chi connectivity index (χ3n) is 1.69. The molecule has 1 aromatic rings. The third kappa shape index (κ3) is 2.37. The Bertz CT molecular complexity index is 308. The molecule has 0 N–H and O–H groups in total. The Morgan fingerprint density at radius 3 is 2.57 bits per heavy atom. The van der Waals surface area contributed by atoms with Crippen molar-refractivity contribution in [2.24, 2.45) is 0 Å². The van der Waals surface area contributed by atoms with Crippen LogP contribution in [0.25, 0.3) is 0 Å². The minimum Gasteiger partial charge on any atom is -0.239 e. The molecule has 0 saturated carbocycles. The summed E-state index contributed by atoms with van der Waals surface area (Å²) in [6.07, 6.45) is -3.09. The van der Waals surface area contributed by atoms with Gasteiger partial charge in [0.2, 0.25) is 0 Å². The van der Waals surface area contributed by atoms with Crippen LogP contribution in [0.15, 0.2) is 0 Å². The van der Waals surface area contributed by atoms with Crippen molar-refractivity contribution in [3.05, 3.63) is 10.8 Å². The van der Waals surface area contributed by atoms with Crippen molar-refractivity contribution in [1.82, 2.24) is 15.0 Å². The van der Waals surface area contributed by atoms with Gasteiger partial charge in [0.25, 0.3) is 0 Å². The smallest absolute Gasteiger partial charge is 0.239 e. The lowest BCUT2D eigenvalue weighted by Gasteiger charge is -2.08. The molecule has 0 radical (unpaired) electrons. The Morgan fingerprint density at radius 2 is 2.07 bits per heavy atom. The van der Waals surface area contributed by atoms with Crippen LogP contribution in [0.2, 0.25) is 5.15 Å². The molecule has 7 heteroatoms. The molecular weight excluding hydrogens is 219 g/mol. The highest BCUT2D eigenvalue weighted by Gasteiger charge is 2.38. The van der Waals surface area contributed by atoms with Crippen molar-refractivity contribution < 1.29 is 13.2 Å². The standard InChI is InChI=1S/C7H9ClF3N3/c1-2-3-4-14-5(7(9,10)11)6(8)12-13-14/h2-4H2,1H3. The Morgan fingerprint density at radius 1 is 1.43 bits per heavy atom. The van der Waals surface area contributed by atoms with E-state index >= 15 is 0 Å². The molecule has 3 nitrogen and oxygen atoms in total. The van der Waals surface area contributed by atoms with E-state index in [1.54, 1.807) is 0 Å². The first-order chi connectivity index (χ1) is 6.46. The number of rotatable bonds is 3. The van der Waals surface area contributed by atoms with Crippen LogP contribution in [0.5, 0.6) is 0 Å². The first-order valence-corrected chi connectivity index (χ1v) is 4.50. The second-order valence-corrected chi connectivity index (χ2v) is 3.16. The predicted octanol–water partition coefficient (Wildman–Crippen LogP) is 2.75. The summed E-state index contributed by atoms with van der Waals surface area (Å²) < 4.78 is 38.0. The van der Waals surface area contributed by atoms with Crippen molar-refractivity contribution in [3.8, 4) is 0 Å². The molecular formula is C7H9ClF3N3. The second-order valence-electron chi connectivity index (χ2n) is 2.80. The molecule has 1 heterocycles. The summed E-state index contributed by atoms with van der Waals surface area (Å²) in [5.74, 6) is 0. The quantitative estimate of drug-likeness (QED) is 0.795. The Labute approximate surface area is 83.9 Å². The van der Waals surface area contributed by atoms with Crippen LogP contribution < -0.4 is 0 Å². The summed E-state index contributed by atoms with van der Waals surface area (Å²) >= 11 is 5.29. The lowest BCUT2D eigenvalue weighted by Crippen LogP contribution is -2.15. The first-order valence-electron chi connectivity index (χ1n) is 4.13. The zero-order chi connectivity index (χ0) is 10.8. The fourth-order valence-corrected chi connectivity index (χ4v) is 1.26. The van der Waals surface area contributed by atoms with E-state index in [2.05, 4.69) is 10.3 Å². The molecule has 14 heavy (non-hydrogen) atoms. The number of halogens is 4. The third-order valence-corrected chi connectivity index (χ3v) is 1.94. The van der Waals surface area contributed by atoms with Gasteiger partial charge in [0.15, 0.2) is 10.8 Å². The number of aryl methyl sites for hydroxylation is 1. The maximum Gasteiger partial charge on any atom is 0.436 e.